The molecule has 0 radical (unpaired) electrons. The van der Waals surface area contributed by atoms with Crippen molar-refractivity contribution in [3.8, 4) is 17.6 Å². The summed E-state index contributed by atoms with van der Waals surface area (Å²) in [7, 11) is 1.67. The second kappa shape index (κ2) is 7.95. The van der Waals surface area contributed by atoms with Gasteiger partial charge in [-0.3, -0.25) is 0 Å². The Morgan fingerprint density at radius 1 is 1.03 bits per heavy atom. The molecule has 1 aliphatic rings. The second-order valence-corrected chi connectivity index (χ2v) is 9.25. The molecular weight excluding hydrogens is 358 g/mol. The third-order valence-corrected chi connectivity index (χ3v) is 6.21. The molecule has 0 saturated carbocycles. The maximum absolute atomic E-state index is 9.19. The summed E-state index contributed by atoms with van der Waals surface area (Å²) in [6, 6.07) is 14.5. The van der Waals surface area contributed by atoms with Crippen LogP contribution in [0.4, 0.5) is 0 Å². The topological polar surface area (TPSA) is 42.2 Å². The molecule has 0 N–H and O–H groups in total. The fourth-order valence-corrected chi connectivity index (χ4v) is 4.08. The minimum absolute atomic E-state index is 0.106. The number of benzene rings is 2. The van der Waals surface area contributed by atoms with Crippen molar-refractivity contribution in [1.82, 2.24) is 0 Å². The number of methoxy groups -OCH3 is 1. The Bertz CT molecular complexity index is 959. The van der Waals surface area contributed by atoms with Gasteiger partial charge in [-0.1, -0.05) is 39.8 Å². The lowest BCUT2D eigenvalue weighted by molar-refractivity contribution is 0.297. The number of hydrogen-bond acceptors (Lipinski definition) is 3. The van der Waals surface area contributed by atoms with Crippen molar-refractivity contribution in [2.45, 2.75) is 64.9 Å². The number of nitrogens with zero attached hydrogens (tertiary/aromatic N) is 1. The third kappa shape index (κ3) is 4.32. The van der Waals surface area contributed by atoms with Gasteiger partial charge in [-0.05, 0) is 77.1 Å². The Morgan fingerprint density at radius 2 is 1.62 bits per heavy atom. The zero-order chi connectivity index (χ0) is 21.2. The van der Waals surface area contributed by atoms with Crippen molar-refractivity contribution in [2.75, 3.05) is 7.11 Å². The highest BCUT2D eigenvalue weighted by Crippen LogP contribution is 2.48. The Morgan fingerprint density at radius 3 is 2.17 bits per heavy atom. The van der Waals surface area contributed by atoms with Gasteiger partial charge in [0.05, 0.1) is 13.2 Å². The Kier molecular flexibility index (Phi) is 5.75. The SMILES string of the molecule is COc1ccc(COc2cc3c(cc2/C(C)=C\C#N)C(C)(C)CCC3(C)C)cc1. The van der Waals surface area contributed by atoms with Crippen LogP contribution in [0, 0.1) is 11.3 Å². The van der Waals surface area contributed by atoms with E-state index < -0.39 is 0 Å². The van der Waals surface area contributed by atoms with Gasteiger partial charge in [0.25, 0.3) is 0 Å². The van der Waals surface area contributed by atoms with E-state index in [-0.39, 0.29) is 10.8 Å². The second-order valence-electron chi connectivity index (χ2n) is 9.25. The summed E-state index contributed by atoms with van der Waals surface area (Å²) in [5, 5.41) is 9.19. The molecule has 3 nitrogen and oxygen atoms in total. The number of allylic oxidation sites excluding steroid dienone is 2. The lowest BCUT2D eigenvalue weighted by Crippen LogP contribution is -2.34. The highest BCUT2D eigenvalue weighted by Gasteiger charge is 2.38. The van der Waals surface area contributed by atoms with Crippen molar-refractivity contribution in [3.05, 3.63) is 64.7 Å². The first-order valence-corrected chi connectivity index (χ1v) is 10.2. The van der Waals surface area contributed by atoms with Gasteiger partial charge in [0, 0.05) is 11.6 Å². The molecule has 1 aliphatic carbocycles. The van der Waals surface area contributed by atoms with Gasteiger partial charge in [-0.2, -0.15) is 5.26 Å². The molecule has 0 atom stereocenters. The van der Waals surface area contributed by atoms with Crippen LogP contribution in [0.3, 0.4) is 0 Å². The highest BCUT2D eigenvalue weighted by molar-refractivity contribution is 5.73. The molecule has 0 fully saturated rings. The maximum Gasteiger partial charge on any atom is 0.127 e. The first kappa shape index (κ1) is 21.0. The van der Waals surface area contributed by atoms with E-state index in [4.69, 9.17) is 9.47 Å². The van der Waals surface area contributed by atoms with Crippen LogP contribution in [0.15, 0.2) is 42.5 Å². The van der Waals surface area contributed by atoms with Gasteiger partial charge >= 0.3 is 0 Å². The summed E-state index contributed by atoms with van der Waals surface area (Å²) in [6.07, 6.45) is 3.90. The molecule has 0 amide bonds. The Hall–Kier alpha value is -2.73. The summed E-state index contributed by atoms with van der Waals surface area (Å²) in [4.78, 5) is 0. The average Bonchev–Trinajstić information content (AvgIpc) is 2.70. The number of nitriles is 1. The van der Waals surface area contributed by atoms with Crippen molar-refractivity contribution in [3.63, 3.8) is 0 Å². The van der Waals surface area contributed by atoms with Crippen LogP contribution in [-0.4, -0.2) is 7.11 Å². The van der Waals surface area contributed by atoms with Gasteiger partial charge < -0.3 is 9.47 Å². The van der Waals surface area contributed by atoms with E-state index in [0.717, 1.165) is 41.0 Å². The van der Waals surface area contributed by atoms with Crippen LogP contribution in [0.5, 0.6) is 11.5 Å². The van der Waals surface area contributed by atoms with E-state index in [0.29, 0.717) is 6.61 Å². The molecule has 0 unspecified atom stereocenters. The molecule has 3 heteroatoms. The van der Waals surface area contributed by atoms with Gasteiger partial charge in [-0.25, -0.2) is 0 Å². The van der Waals surface area contributed by atoms with Crippen LogP contribution in [0.1, 0.15) is 69.7 Å². The Labute approximate surface area is 175 Å². The molecule has 2 aromatic rings. The van der Waals surface area contributed by atoms with Crippen molar-refractivity contribution < 1.29 is 9.47 Å². The molecule has 152 valence electrons. The van der Waals surface area contributed by atoms with Crippen molar-refractivity contribution in [1.29, 1.82) is 5.26 Å². The maximum atomic E-state index is 9.19. The number of hydrogen-bond donors (Lipinski definition) is 0. The predicted molar refractivity (Wildman–Crippen MR) is 118 cm³/mol. The zero-order valence-electron chi connectivity index (χ0n) is 18.4. The quantitative estimate of drug-likeness (QED) is 0.545. The number of ether oxygens (including phenoxy) is 2. The van der Waals surface area contributed by atoms with E-state index in [1.165, 1.54) is 11.1 Å². The Balaban J connectivity index is 2.04. The molecule has 0 saturated heterocycles. The number of fused-ring (bicyclic) bond motifs is 1. The van der Waals surface area contributed by atoms with E-state index in [2.05, 4.69) is 45.9 Å². The fourth-order valence-electron chi connectivity index (χ4n) is 4.08. The fraction of sp³-hybridized carbons (Fsp3) is 0.423. The first-order valence-electron chi connectivity index (χ1n) is 10.2. The standard InChI is InChI=1S/C26H31NO2/c1-18(11-14-27)21-15-22-23(26(4,5)13-12-25(22,2)3)16-24(21)29-17-19-7-9-20(28-6)10-8-19/h7-11,15-16H,12-13,17H2,1-6H3/b18-11-. The van der Waals surface area contributed by atoms with Crippen LogP contribution in [-0.2, 0) is 17.4 Å². The first-order chi connectivity index (χ1) is 13.7. The van der Waals surface area contributed by atoms with E-state index in [9.17, 15) is 5.26 Å². The lowest BCUT2D eigenvalue weighted by Gasteiger charge is -2.42. The largest absolute Gasteiger partial charge is 0.497 e. The van der Waals surface area contributed by atoms with E-state index in [1.54, 1.807) is 13.2 Å². The summed E-state index contributed by atoms with van der Waals surface area (Å²) in [5.74, 6) is 1.68. The van der Waals surface area contributed by atoms with Crippen LogP contribution < -0.4 is 9.47 Å². The van der Waals surface area contributed by atoms with Gasteiger partial charge in [0.1, 0.15) is 18.1 Å². The molecule has 0 aromatic heterocycles. The monoisotopic (exact) mass is 389 g/mol. The lowest BCUT2D eigenvalue weighted by atomic mass is 9.62. The van der Waals surface area contributed by atoms with E-state index in [1.807, 2.05) is 31.2 Å². The summed E-state index contributed by atoms with van der Waals surface area (Å²) >= 11 is 0. The molecular formula is C26H31NO2. The van der Waals surface area contributed by atoms with E-state index >= 15 is 0 Å². The smallest absolute Gasteiger partial charge is 0.127 e. The van der Waals surface area contributed by atoms with Gasteiger partial charge in [-0.15, -0.1) is 0 Å². The molecule has 0 bridgehead atoms. The van der Waals surface area contributed by atoms with Gasteiger partial charge in [0.15, 0.2) is 0 Å². The summed E-state index contributed by atoms with van der Waals surface area (Å²) in [5.41, 5.74) is 5.95. The minimum atomic E-state index is 0.106. The zero-order valence-corrected chi connectivity index (χ0v) is 18.4. The van der Waals surface area contributed by atoms with Crippen molar-refractivity contribution in [2.24, 2.45) is 0 Å². The van der Waals surface area contributed by atoms with Crippen molar-refractivity contribution >= 4 is 5.57 Å². The molecule has 0 heterocycles. The molecule has 3 rings (SSSR count). The van der Waals surface area contributed by atoms with Gasteiger partial charge in [0.2, 0.25) is 0 Å². The normalized spacial score (nSPS) is 17.2. The highest BCUT2D eigenvalue weighted by atomic mass is 16.5. The average molecular weight is 390 g/mol. The molecule has 0 aliphatic heterocycles. The van der Waals surface area contributed by atoms with Crippen LogP contribution in [0.25, 0.3) is 5.57 Å². The summed E-state index contributed by atoms with van der Waals surface area (Å²) in [6.45, 7) is 11.7. The van der Waals surface area contributed by atoms with Crippen LogP contribution >= 0.6 is 0 Å². The number of rotatable bonds is 5. The molecule has 2 aromatic carbocycles. The van der Waals surface area contributed by atoms with Crippen LogP contribution in [0.2, 0.25) is 0 Å². The predicted octanol–water partition coefficient (Wildman–Crippen LogP) is 6.55. The molecule has 0 spiro atoms. The third-order valence-electron chi connectivity index (χ3n) is 6.21. The summed E-state index contributed by atoms with van der Waals surface area (Å²) < 4.78 is 11.5. The molecule has 29 heavy (non-hydrogen) atoms. The minimum Gasteiger partial charge on any atom is -0.497 e.